The summed E-state index contributed by atoms with van der Waals surface area (Å²) >= 11 is 0. The Bertz CT molecular complexity index is 1000. The zero-order valence-corrected chi connectivity index (χ0v) is 15.4. The molecular weight excluding hydrogens is 366 g/mol. The number of amides is 1. The molecule has 28 heavy (non-hydrogen) atoms. The van der Waals surface area contributed by atoms with Gasteiger partial charge in [-0.25, -0.2) is 19.9 Å². The van der Waals surface area contributed by atoms with E-state index >= 15 is 0 Å². The van der Waals surface area contributed by atoms with Crippen molar-refractivity contribution in [2.45, 2.75) is 44.1 Å². The molecule has 0 unspecified atom stereocenters. The molecule has 0 radical (unpaired) electrons. The van der Waals surface area contributed by atoms with Crippen molar-refractivity contribution in [3.63, 3.8) is 0 Å². The normalized spacial score (nSPS) is 25.0. The molecule has 11 heteroatoms. The van der Waals surface area contributed by atoms with Crippen molar-refractivity contribution in [1.29, 1.82) is 0 Å². The molecule has 4 atom stereocenters. The number of aromatic nitrogens is 5. The van der Waals surface area contributed by atoms with Crippen LogP contribution in [0.1, 0.15) is 35.1 Å². The van der Waals surface area contributed by atoms with E-state index in [1.165, 1.54) is 12.7 Å². The van der Waals surface area contributed by atoms with Crippen LogP contribution < -0.4 is 10.6 Å². The van der Waals surface area contributed by atoms with Gasteiger partial charge >= 0.3 is 0 Å². The lowest BCUT2D eigenvalue weighted by Crippen LogP contribution is -2.54. The first-order valence-electron chi connectivity index (χ1n) is 8.93. The summed E-state index contributed by atoms with van der Waals surface area (Å²) in [6.07, 6.45) is 2.90. The average Bonchev–Trinajstić information content (AvgIpc) is 3.31. The molecular formula is C17H21N7O4. The third-order valence-electron chi connectivity index (χ3n) is 5.15. The predicted molar refractivity (Wildman–Crippen MR) is 97.6 cm³/mol. The summed E-state index contributed by atoms with van der Waals surface area (Å²) in [5, 5.41) is 27.0. The number of nitrogens with one attached hydrogen (secondary N) is 2. The second kappa shape index (κ2) is 7.17. The maximum atomic E-state index is 12.3. The highest BCUT2D eigenvalue weighted by Crippen LogP contribution is 2.32. The summed E-state index contributed by atoms with van der Waals surface area (Å²) in [6, 6.07) is -1.04. The van der Waals surface area contributed by atoms with Crippen molar-refractivity contribution in [3.05, 3.63) is 30.5 Å². The van der Waals surface area contributed by atoms with E-state index in [0.717, 1.165) is 0 Å². The van der Waals surface area contributed by atoms with Gasteiger partial charge in [-0.05, 0) is 19.8 Å². The van der Waals surface area contributed by atoms with Gasteiger partial charge in [-0.2, -0.15) is 0 Å². The van der Waals surface area contributed by atoms with Gasteiger partial charge in [0.25, 0.3) is 5.91 Å². The topological polar surface area (TPSA) is 151 Å². The van der Waals surface area contributed by atoms with Crippen LogP contribution in [0.4, 0.5) is 5.82 Å². The molecule has 1 fully saturated rings. The highest BCUT2D eigenvalue weighted by Gasteiger charge is 2.40. The number of aliphatic hydroxyl groups excluding tert-OH is 2. The van der Waals surface area contributed by atoms with E-state index in [2.05, 4.69) is 30.6 Å². The summed E-state index contributed by atoms with van der Waals surface area (Å²) in [6.45, 7) is 1.66. The number of hydrogen-bond acceptors (Lipinski definition) is 9. The molecule has 0 spiro atoms. The molecule has 3 aromatic heterocycles. The Labute approximate surface area is 159 Å². The quantitative estimate of drug-likeness (QED) is 0.485. The van der Waals surface area contributed by atoms with Crippen molar-refractivity contribution in [2.75, 3.05) is 12.4 Å². The molecule has 3 heterocycles. The predicted octanol–water partition coefficient (Wildman–Crippen LogP) is 0.0197. The van der Waals surface area contributed by atoms with Gasteiger partial charge in [-0.1, -0.05) is 0 Å². The van der Waals surface area contributed by atoms with Gasteiger partial charge in [-0.3, -0.25) is 4.79 Å². The molecule has 4 rings (SSSR count). The molecule has 148 valence electrons. The first kappa shape index (κ1) is 18.3. The minimum Gasteiger partial charge on any atom is -0.438 e. The van der Waals surface area contributed by atoms with Crippen LogP contribution in [0.5, 0.6) is 0 Å². The molecule has 1 aliphatic carbocycles. The fraction of sp³-hybridized carbons (Fsp3) is 0.471. The number of carbonyl (C=O) groups excluding carboxylic acids is 1. The van der Waals surface area contributed by atoms with Crippen molar-refractivity contribution in [2.24, 2.45) is 0 Å². The zero-order valence-electron chi connectivity index (χ0n) is 15.4. The molecule has 4 N–H and O–H groups in total. The summed E-state index contributed by atoms with van der Waals surface area (Å²) < 4.78 is 6.82. The number of hydrogen-bond donors (Lipinski definition) is 4. The minimum absolute atomic E-state index is 0.0979. The number of oxazole rings is 1. The molecule has 1 saturated carbocycles. The molecule has 0 aromatic carbocycles. The first-order valence-corrected chi connectivity index (χ1v) is 8.93. The van der Waals surface area contributed by atoms with Crippen LogP contribution >= 0.6 is 0 Å². The largest absolute Gasteiger partial charge is 0.438 e. The molecule has 11 nitrogen and oxygen atoms in total. The monoisotopic (exact) mass is 387 g/mol. The number of aryl methyl sites for hydroxylation is 1. The zero-order chi connectivity index (χ0) is 19.8. The number of anilines is 1. The van der Waals surface area contributed by atoms with Crippen LogP contribution in [0, 0.1) is 6.92 Å². The first-order chi connectivity index (χ1) is 13.5. The van der Waals surface area contributed by atoms with E-state index in [9.17, 15) is 15.0 Å². The van der Waals surface area contributed by atoms with Crippen LogP contribution in [0.15, 0.2) is 23.5 Å². The Morgan fingerprint density at radius 1 is 1.21 bits per heavy atom. The number of aliphatic hydroxyl groups is 2. The molecule has 3 aromatic rings. The van der Waals surface area contributed by atoms with Gasteiger partial charge in [0.2, 0.25) is 5.76 Å². The summed E-state index contributed by atoms with van der Waals surface area (Å²) in [7, 11) is 1.74. The second-order valence-electron chi connectivity index (χ2n) is 6.77. The van der Waals surface area contributed by atoms with Gasteiger partial charge in [0.15, 0.2) is 17.9 Å². The second-order valence-corrected chi connectivity index (χ2v) is 6.77. The van der Waals surface area contributed by atoms with Crippen LogP contribution in [-0.2, 0) is 0 Å². The minimum atomic E-state index is -1.16. The third kappa shape index (κ3) is 2.98. The average molecular weight is 387 g/mol. The molecule has 0 aliphatic heterocycles. The number of nitrogens with zero attached hydrogens (tertiary/aromatic N) is 5. The molecule has 0 saturated heterocycles. The van der Waals surface area contributed by atoms with Crippen molar-refractivity contribution < 1.29 is 19.4 Å². The van der Waals surface area contributed by atoms with Gasteiger partial charge in [0.05, 0.1) is 24.1 Å². The van der Waals surface area contributed by atoms with Gasteiger partial charge < -0.3 is 29.8 Å². The number of rotatable bonds is 4. The fourth-order valence-corrected chi connectivity index (χ4v) is 3.65. The Morgan fingerprint density at radius 2 is 2.04 bits per heavy atom. The summed E-state index contributed by atoms with van der Waals surface area (Å²) in [4.78, 5) is 28.9. The SMILES string of the molecule is CNc1ncnc2c1ncn2[C@@H]1CC[C@@H](NC(=O)c2ocnc2C)[C@@H](O)[C@@H]1O. The van der Waals surface area contributed by atoms with Crippen LogP contribution in [0.3, 0.4) is 0 Å². The van der Waals surface area contributed by atoms with Crippen LogP contribution in [-0.4, -0.2) is 65.9 Å². The van der Waals surface area contributed by atoms with Gasteiger partial charge in [-0.15, -0.1) is 0 Å². The van der Waals surface area contributed by atoms with Crippen LogP contribution in [0.25, 0.3) is 11.2 Å². The lowest BCUT2D eigenvalue weighted by atomic mass is 9.85. The van der Waals surface area contributed by atoms with Crippen molar-refractivity contribution in [1.82, 2.24) is 29.8 Å². The van der Waals surface area contributed by atoms with E-state index in [4.69, 9.17) is 4.42 Å². The molecule has 1 aliphatic rings. The molecule has 1 amide bonds. The number of fused-ring (bicyclic) bond motifs is 1. The van der Waals surface area contributed by atoms with Crippen molar-refractivity contribution >= 4 is 22.9 Å². The Kier molecular flexibility index (Phi) is 4.69. The Morgan fingerprint density at radius 3 is 2.75 bits per heavy atom. The third-order valence-corrected chi connectivity index (χ3v) is 5.15. The standard InChI is InChI=1S/C17H21N7O4/c1-8-14(28-7-22-8)17(27)23-9-3-4-10(13(26)12(9)25)24-6-21-11-15(18-2)19-5-20-16(11)24/h5-7,9-10,12-13,25-26H,3-4H2,1-2H3,(H,23,27)(H,18,19,20)/t9-,10-,12-,13-/m1/s1. The maximum absolute atomic E-state index is 12.3. The van der Waals surface area contributed by atoms with E-state index in [1.807, 2.05) is 0 Å². The van der Waals surface area contributed by atoms with Crippen LogP contribution in [0.2, 0.25) is 0 Å². The number of imidazole rings is 1. The van der Waals surface area contributed by atoms with Crippen molar-refractivity contribution in [3.8, 4) is 0 Å². The fourth-order valence-electron chi connectivity index (χ4n) is 3.65. The Balaban J connectivity index is 1.53. The smallest absolute Gasteiger partial charge is 0.289 e. The molecule has 0 bridgehead atoms. The van der Waals surface area contributed by atoms with E-state index in [0.29, 0.717) is 35.5 Å². The maximum Gasteiger partial charge on any atom is 0.289 e. The van der Waals surface area contributed by atoms with Gasteiger partial charge in [0.1, 0.15) is 24.1 Å². The number of carbonyl (C=O) groups is 1. The van der Waals surface area contributed by atoms with E-state index in [1.54, 1.807) is 24.9 Å². The van der Waals surface area contributed by atoms with Gasteiger partial charge in [0, 0.05) is 7.05 Å². The lowest BCUT2D eigenvalue weighted by molar-refractivity contribution is -0.0554. The Hall–Kier alpha value is -3.05. The van der Waals surface area contributed by atoms with E-state index in [-0.39, 0.29) is 5.76 Å². The lowest BCUT2D eigenvalue weighted by Gasteiger charge is -2.38. The summed E-state index contributed by atoms with van der Waals surface area (Å²) in [5.74, 6) is 0.215. The summed E-state index contributed by atoms with van der Waals surface area (Å²) in [5.41, 5.74) is 1.62. The highest BCUT2D eigenvalue weighted by atomic mass is 16.4. The van der Waals surface area contributed by atoms with E-state index < -0.39 is 30.2 Å². The highest BCUT2D eigenvalue weighted by molar-refractivity contribution is 5.92.